The summed E-state index contributed by atoms with van der Waals surface area (Å²) in [5.74, 6) is 0.193. The minimum Gasteiger partial charge on any atom is -0.489 e. The quantitative estimate of drug-likeness (QED) is 0.557. The Morgan fingerprint density at radius 2 is 1.87 bits per heavy atom. The molecular formula is C24H26N2O5. The number of aromatic nitrogens is 1. The summed E-state index contributed by atoms with van der Waals surface area (Å²) in [4.78, 5) is 25.0. The Morgan fingerprint density at radius 1 is 1.10 bits per heavy atom. The molecule has 7 nitrogen and oxygen atoms in total. The molecule has 0 saturated heterocycles. The summed E-state index contributed by atoms with van der Waals surface area (Å²) in [7, 11) is 0. The van der Waals surface area contributed by atoms with Gasteiger partial charge in [0.25, 0.3) is 5.91 Å². The molecule has 7 heteroatoms. The van der Waals surface area contributed by atoms with E-state index >= 15 is 0 Å². The van der Waals surface area contributed by atoms with Crippen molar-refractivity contribution in [3.8, 4) is 5.75 Å². The van der Waals surface area contributed by atoms with Crippen LogP contribution in [0.2, 0.25) is 0 Å². The number of nitrogens with zero attached hydrogens (tertiary/aromatic N) is 1. The summed E-state index contributed by atoms with van der Waals surface area (Å²) >= 11 is 0. The molecule has 1 N–H and O–H groups in total. The molecule has 0 spiro atoms. The van der Waals surface area contributed by atoms with E-state index in [0.29, 0.717) is 22.8 Å². The zero-order valence-corrected chi connectivity index (χ0v) is 18.3. The minimum atomic E-state index is -0.959. The predicted molar refractivity (Wildman–Crippen MR) is 116 cm³/mol. The molecule has 2 aromatic carbocycles. The van der Waals surface area contributed by atoms with E-state index in [2.05, 4.69) is 10.5 Å². The number of aryl methyl sites for hydroxylation is 4. The molecule has 0 saturated carbocycles. The molecule has 3 aromatic rings. The molecule has 0 aliphatic rings. The fourth-order valence-corrected chi connectivity index (χ4v) is 2.96. The Hall–Kier alpha value is -3.61. The van der Waals surface area contributed by atoms with Gasteiger partial charge in [0.1, 0.15) is 18.1 Å². The number of amides is 1. The molecule has 0 bridgehead atoms. The van der Waals surface area contributed by atoms with Crippen molar-refractivity contribution in [2.45, 2.75) is 47.3 Å². The third kappa shape index (κ3) is 5.51. The monoisotopic (exact) mass is 422 g/mol. The number of benzene rings is 2. The lowest BCUT2D eigenvalue weighted by molar-refractivity contribution is -0.123. The second kappa shape index (κ2) is 9.47. The molecular weight excluding hydrogens is 396 g/mol. The standard InChI is InChI=1S/C24H26N2O5/c1-14-9-10-15(2)22(11-14)25-23(27)18(5)30-24(28)19-7-6-8-20(12-19)29-13-21-16(3)26-31-17(21)4/h6-12,18H,13H2,1-5H3,(H,25,27)/t18-/m1/s1. The summed E-state index contributed by atoms with van der Waals surface area (Å²) in [5, 5.41) is 6.71. The van der Waals surface area contributed by atoms with E-state index in [-0.39, 0.29) is 6.61 Å². The van der Waals surface area contributed by atoms with Crippen LogP contribution in [0.5, 0.6) is 5.75 Å². The molecule has 0 aliphatic heterocycles. The maximum atomic E-state index is 12.5. The Bertz CT molecular complexity index is 1080. The van der Waals surface area contributed by atoms with Crippen molar-refractivity contribution in [3.05, 3.63) is 76.2 Å². The number of ether oxygens (including phenoxy) is 2. The lowest BCUT2D eigenvalue weighted by Gasteiger charge is -2.15. The van der Waals surface area contributed by atoms with E-state index in [1.54, 1.807) is 24.3 Å². The lowest BCUT2D eigenvalue weighted by atomic mass is 10.1. The van der Waals surface area contributed by atoms with Crippen molar-refractivity contribution in [1.29, 1.82) is 0 Å². The van der Waals surface area contributed by atoms with Gasteiger partial charge in [0.15, 0.2) is 6.10 Å². The molecule has 0 fully saturated rings. The number of carbonyl (C=O) groups excluding carboxylic acids is 2. The van der Waals surface area contributed by atoms with E-state index in [1.807, 2.05) is 45.9 Å². The van der Waals surface area contributed by atoms with Gasteiger partial charge in [-0.05, 0) is 70.0 Å². The molecule has 0 radical (unpaired) electrons. The van der Waals surface area contributed by atoms with E-state index < -0.39 is 18.0 Å². The number of rotatable bonds is 7. The minimum absolute atomic E-state index is 0.272. The van der Waals surface area contributed by atoms with Crippen LogP contribution < -0.4 is 10.1 Å². The Balaban J connectivity index is 1.61. The number of carbonyl (C=O) groups is 2. The number of hydrogen-bond acceptors (Lipinski definition) is 6. The van der Waals surface area contributed by atoms with Crippen molar-refractivity contribution < 1.29 is 23.6 Å². The van der Waals surface area contributed by atoms with E-state index in [4.69, 9.17) is 14.0 Å². The van der Waals surface area contributed by atoms with E-state index in [0.717, 1.165) is 22.4 Å². The highest BCUT2D eigenvalue weighted by molar-refractivity contribution is 5.97. The van der Waals surface area contributed by atoms with Crippen molar-refractivity contribution in [3.63, 3.8) is 0 Å². The van der Waals surface area contributed by atoms with Gasteiger partial charge in [-0.3, -0.25) is 4.79 Å². The number of anilines is 1. The predicted octanol–water partition coefficient (Wildman–Crippen LogP) is 4.67. The average molecular weight is 422 g/mol. The van der Waals surface area contributed by atoms with Crippen molar-refractivity contribution >= 4 is 17.6 Å². The van der Waals surface area contributed by atoms with Crippen LogP contribution in [0.1, 0.15) is 45.4 Å². The SMILES string of the molecule is Cc1ccc(C)c(NC(=O)[C@@H](C)OC(=O)c2cccc(OCc3c(C)noc3C)c2)c1. The van der Waals surface area contributed by atoms with Gasteiger partial charge in [0.05, 0.1) is 16.8 Å². The highest BCUT2D eigenvalue weighted by atomic mass is 16.5. The van der Waals surface area contributed by atoms with Gasteiger partial charge in [-0.15, -0.1) is 0 Å². The average Bonchev–Trinajstić information content (AvgIpc) is 3.06. The van der Waals surface area contributed by atoms with Crippen LogP contribution in [-0.2, 0) is 16.1 Å². The third-order valence-electron chi connectivity index (χ3n) is 4.94. The van der Waals surface area contributed by atoms with Crippen LogP contribution >= 0.6 is 0 Å². The molecule has 0 aliphatic carbocycles. The molecule has 31 heavy (non-hydrogen) atoms. The highest BCUT2D eigenvalue weighted by Crippen LogP contribution is 2.20. The van der Waals surface area contributed by atoms with Crippen molar-refractivity contribution in [2.24, 2.45) is 0 Å². The van der Waals surface area contributed by atoms with Crippen LogP contribution in [0, 0.1) is 27.7 Å². The maximum Gasteiger partial charge on any atom is 0.339 e. The Kier molecular flexibility index (Phi) is 6.74. The highest BCUT2D eigenvalue weighted by Gasteiger charge is 2.20. The summed E-state index contributed by atoms with van der Waals surface area (Å²) in [6.45, 7) is 9.31. The maximum absolute atomic E-state index is 12.5. The summed E-state index contributed by atoms with van der Waals surface area (Å²) in [6.07, 6.45) is -0.959. The van der Waals surface area contributed by atoms with Crippen LogP contribution in [-0.4, -0.2) is 23.1 Å². The van der Waals surface area contributed by atoms with E-state index in [1.165, 1.54) is 6.92 Å². The Labute approximate surface area is 181 Å². The molecule has 0 unspecified atom stereocenters. The molecule has 162 valence electrons. The molecule has 1 heterocycles. The zero-order chi connectivity index (χ0) is 22.5. The fourth-order valence-electron chi connectivity index (χ4n) is 2.96. The first-order valence-corrected chi connectivity index (χ1v) is 9.98. The number of hydrogen-bond donors (Lipinski definition) is 1. The van der Waals surface area contributed by atoms with Gasteiger partial charge >= 0.3 is 5.97 Å². The van der Waals surface area contributed by atoms with Crippen LogP contribution in [0.4, 0.5) is 5.69 Å². The topological polar surface area (TPSA) is 90.7 Å². The number of nitrogens with one attached hydrogen (secondary N) is 1. The summed E-state index contributed by atoms with van der Waals surface area (Å²) in [6, 6.07) is 12.4. The Morgan fingerprint density at radius 3 is 2.58 bits per heavy atom. The van der Waals surface area contributed by atoms with E-state index in [9.17, 15) is 9.59 Å². The van der Waals surface area contributed by atoms with Crippen molar-refractivity contribution in [2.75, 3.05) is 5.32 Å². The van der Waals surface area contributed by atoms with Gasteiger partial charge in [0, 0.05) is 5.69 Å². The fraction of sp³-hybridized carbons (Fsp3) is 0.292. The summed E-state index contributed by atoms with van der Waals surface area (Å²) < 4.78 is 16.3. The number of esters is 1. The second-order valence-electron chi connectivity index (χ2n) is 7.47. The lowest BCUT2D eigenvalue weighted by Crippen LogP contribution is -2.30. The second-order valence-corrected chi connectivity index (χ2v) is 7.47. The first-order chi connectivity index (χ1) is 14.7. The van der Waals surface area contributed by atoms with Crippen LogP contribution in [0.25, 0.3) is 0 Å². The van der Waals surface area contributed by atoms with Gasteiger partial charge < -0.3 is 19.3 Å². The van der Waals surface area contributed by atoms with Crippen LogP contribution in [0.3, 0.4) is 0 Å². The largest absolute Gasteiger partial charge is 0.489 e. The third-order valence-corrected chi connectivity index (χ3v) is 4.94. The van der Waals surface area contributed by atoms with Gasteiger partial charge in [-0.25, -0.2) is 4.79 Å². The van der Waals surface area contributed by atoms with Gasteiger partial charge in [-0.2, -0.15) is 0 Å². The van der Waals surface area contributed by atoms with Gasteiger partial charge in [0.2, 0.25) is 0 Å². The normalized spacial score (nSPS) is 11.6. The first kappa shape index (κ1) is 22.1. The van der Waals surface area contributed by atoms with Gasteiger partial charge in [-0.1, -0.05) is 23.4 Å². The first-order valence-electron chi connectivity index (χ1n) is 9.98. The molecule has 3 rings (SSSR count). The smallest absolute Gasteiger partial charge is 0.339 e. The molecule has 1 amide bonds. The van der Waals surface area contributed by atoms with Crippen LogP contribution in [0.15, 0.2) is 47.0 Å². The zero-order valence-electron chi connectivity index (χ0n) is 18.3. The van der Waals surface area contributed by atoms with Crippen molar-refractivity contribution in [1.82, 2.24) is 5.16 Å². The molecule has 1 aromatic heterocycles. The summed E-state index contributed by atoms with van der Waals surface area (Å²) in [5.41, 5.74) is 4.58. The molecule has 1 atom stereocenters.